The average molecular weight is 502 g/mol. The van der Waals surface area contributed by atoms with Crippen molar-refractivity contribution in [1.29, 1.82) is 5.26 Å². The molecule has 3 rings (SSSR count). The quantitative estimate of drug-likeness (QED) is 0.254. The lowest BCUT2D eigenvalue weighted by Crippen LogP contribution is -2.60. The standard InChI is InChI=1S/C19H21ClN3O9P/c20-13-7-12(11-3-1-10(8-21)2-4-11)5-6-14(13)28-19-17(26)16(25)18(15(9-24)29-19)30-33(27,31-22)32-23/h1-7,15-19,24-26H,9,22-23H2/t15-,16-,17+,18-,19+/m1/s1. The molecule has 0 saturated carbocycles. The van der Waals surface area contributed by atoms with Crippen LogP contribution < -0.4 is 16.5 Å². The van der Waals surface area contributed by atoms with Gasteiger partial charge >= 0.3 is 7.82 Å². The zero-order valence-corrected chi connectivity index (χ0v) is 18.5. The van der Waals surface area contributed by atoms with Gasteiger partial charge in [0.15, 0.2) is 0 Å². The molecule has 2 aromatic rings. The Labute approximate surface area is 193 Å². The lowest BCUT2D eigenvalue weighted by atomic mass is 9.99. The predicted molar refractivity (Wildman–Crippen MR) is 113 cm³/mol. The van der Waals surface area contributed by atoms with Gasteiger partial charge in [-0.3, -0.25) is 4.52 Å². The number of aliphatic hydroxyl groups excluding tert-OH is 3. The van der Waals surface area contributed by atoms with Crippen LogP contribution in [0.3, 0.4) is 0 Å². The van der Waals surface area contributed by atoms with Crippen molar-refractivity contribution >= 4 is 19.4 Å². The first-order valence-electron chi connectivity index (χ1n) is 9.39. The molecule has 7 N–H and O–H groups in total. The summed E-state index contributed by atoms with van der Waals surface area (Å²) < 4.78 is 36.1. The first kappa shape index (κ1) is 25.5. The number of rotatable bonds is 8. The molecule has 0 amide bonds. The van der Waals surface area contributed by atoms with Crippen LogP contribution in [0.1, 0.15) is 5.56 Å². The Morgan fingerprint density at radius 2 is 1.73 bits per heavy atom. The van der Waals surface area contributed by atoms with Gasteiger partial charge in [-0.25, -0.2) is 16.4 Å². The van der Waals surface area contributed by atoms with Crippen LogP contribution in [0.5, 0.6) is 5.75 Å². The summed E-state index contributed by atoms with van der Waals surface area (Å²) in [6.07, 6.45) is -7.89. The highest BCUT2D eigenvalue weighted by Crippen LogP contribution is 2.49. The van der Waals surface area contributed by atoms with Crippen molar-refractivity contribution < 1.29 is 43.1 Å². The monoisotopic (exact) mass is 501 g/mol. The summed E-state index contributed by atoms with van der Waals surface area (Å²) in [5.74, 6) is 9.76. The number of nitrogens with zero attached hydrogens (tertiary/aromatic N) is 1. The molecular weight excluding hydrogens is 481 g/mol. The largest absolute Gasteiger partial charge is 0.508 e. The molecule has 1 aliphatic rings. The highest BCUT2D eigenvalue weighted by molar-refractivity contribution is 7.48. The zero-order valence-electron chi connectivity index (χ0n) is 16.9. The van der Waals surface area contributed by atoms with E-state index >= 15 is 0 Å². The van der Waals surface area contributed by atoms with Crippen LogP contribution in [0, 0.1) is 11.3 Å². The van der Waals surface area contributed by atoms with Crippen molar-refractivity contribution in [1.82, 2.24) is 0 Å². The van der Waals surface area contributed by atoms with E-state index in [1.165, 1.54) is 6.07 Å². The van der Waals surface area contributed by atoms with Crippen molar-refractivity contribution in [3.8, 4) is 22.9 Å². The third-order valence-corrected chi connectivity index (χ3v) is 6.17. The minimum absolute atomic E-state index is 0.114. The smallest absolute Gasteiger partial charge is 0.460 e. The molecule has 0 aromatic heterocycles. The zero-order chi connectivity index (χ0) is 24.2. The van der Waals surface area contributed by atoms with Crippen molar-refractivity contribution in [2.45, 2.75) is 30.7 Å². The number of benzene rings is 2. The maximum absolute atomic E-state index is 12.0. The van der Waals surface area contributed by atoms with E-state index < -0.39 is 45.1 Å². The van der Waals surface area contributed by atoms with E-state index in [0.29, 0.717) is 5.56 Å². The first-order valence-corrected chi connectivity index (χ1v) is 11.2. The molecule has 1 fully saturated rings. The lowest BCUT2D eigenvalue weighted by Gasteiger charge is -2.41. The summed E-state index contributed by atoms with van der Waals surface area (Å²) in [6, 6.07) is 13.7. The van der Waals surface area contributed by atoms with Gasteiger partial charge in [0.25, 0.3) is 0 Å². The summed E-state index contributed by atoms with van der Waals surface area (Å²) in [4.78, 5) is 0. The molecule has 5 atom stereocenters. The van der Waals surface area contributed by atoms with Gasteiger partial charge in [0.2, 0.25) is 6.29 Å². The van der Waals surface area contributed by atoms with Crippen molar-refractivity contribution in [2.75, 3.05) is 6.61 Å². The van der Waals surface area contributed by atoms with E-state index in [0.717, 1.165) is 11.1 Å². The molecule has 14 heteroatoms. The third kappa shape index (κ3) is 5.70. The highest BCUT2D eigenvalue weighted by Gasteiger charge is 2.49. The maximum Gasteiger partial charge on any atom is 0.508 e. The van der Waals surface area contributed by atoms with E-state index in [4.69, 9.17) is 42.7 Å². The second-order valence-electron chi connectivity index (χ2n) is 6.89. The van der Waals surface area contributed by atoms with Crippen LogP contribution in [-0.2, 0) is 23.1 Å². The first-order chi connectivity index (χ1) is 15.7. The van der Waals surface area contributed by atoms with E-state index in [-0.39, 0.29) is 10.8 Å². The number of ether oxygens (including phenoxy) is 2. The third-order valence-electron chi connectivity index (χ3n) is 4.85. The van der Waals surface area contributed by atoms with Crippen LogP contribution >= 0.6 is 19.4 Å². The van der Waals surface area contributed by atoms with Crippen LogP contribution in [0.4, 0.5) is 0 Å². The fourth-order valence-electron chi connectivity index (χ4n) is 3.14. The second-order valence-corrected chi connectivity index (χ2v) is 8.82. The van der Waals surface area contributed by atoms with E-state index in [2.05, 4.69) is 9.25 Å². The summed E-state index contributed by atoms with van der Waals surface area (Å²) >= 11 is 6.32. The summed E-state index contributed by atoms with van der Waals surface area (Å²) in [7, 11) is -4.48. The molecule has 0 spiro atoms. The Morgan fingerprint density at radius 3 is 2.27 bits per heavy atom. The van der Waals surface area contributed by atoms with Gasteiger partial charge < -0.3 is 24.8 Å². The van der Waals surface area contributed by atoms with Crippen molar-refractivity contribution in [2.24, 2.45) is 11.8 Å². The highest BCUT2D eigenvalue weighted by atomic mass is 35.5. The number of hydrogen-bond acceptors (Lipinski definition) is 12. The molecule has 178 valence electrons. The minimum Gasteiger partial charge on any atom is -0.460 e. The van der Waals surface area contributed by atoms with Gasteiger partial charge in [0.1, 0.15) is 30.2 Å². The predicted octanol–water partition coefficient (Wildman–Crippen LogP) is 0.970. The van der Waals surface area contributed by atoms with Crippen LogP contribution in [0.15, 0.2) is 42.5 Å². The van der Waals surface area contributed by atoms with Gasteiger partial charge in [-0.15, -0.1) is 0 Å². The van der Waals surface area contributed by atoms with Gasteiger partial charge in [0, 0.05) is 0 Å². The second kappa shape index (κ2) is 10.9. The number of aliphatic hydroxyl groups is 3. The van der Waals surface area contributed by atoms with Crippen LogP contribution in [-0.4, -0.2) is 52.6 Å². The van der Waals surface area contributed by atoms with Gasteiger partial charge in [0.05, 0.1) is 23.3 Å². The molecule has 1 saturated heterocycles. The van der Waals surface area contributed by atoms with E-state index in [1.54, 1.807) is 36.4 Å². The Kier molecular flexibility index (Phi) is 8.41. The Hall–Kier alpha value is -2.11. The molecule has 12 nitrogen and oxygen atoms in total. The Balaban J connectivity index is 1.76. The molecular formula is C19H21ClN3O9P. The molecule has 1 aliphatic heterocycles. The summed E-state index contributed by atoms with van der Waals surface area (Å²) in [5.41, 5.74) is 2.06. The van der Waals surface area contributed by atoms with Crippen molar-refractivity contribution in [3.63, 3.8) is 0 Å². The molecule has 2 aromatic carbocycles. The Morgan fingerprint density at radius 1 is 1.09 bits per heavy atom. The number of nitrogens with two attached hydrogens (primary N) is 2. The fourth-order valence-corrected chi connectivity index (χ4v) is 4.07. The summed E-state index contributed by atoms with van der Waals surface area (Å²) in [6.45, 7) is -0.727. The number of phosphoric acid groups is 1. The summed E-state index contributed by atoms with van der Waals surface area (Å²) in [5, 5.41) is 39.6. The minimum atomic E-state index is -4.48. The SMILES string of the molecule is N#Cc1ccc(-c2ccc(O[C@H]3O[C@H](CO)[C@@H](OP(=O)(ON)ON)[C@H](O)[C@@H]3O)c(Cl)c2)cc1. The molecule has 0 bridgehead atoms. The Bertz CT molecular complexity index is 1040. The normalized spacial score (nSPS) is 25.4. The van der Waals surface area contributed by atoms with Crippen LogP contribution in [0.2, 0.25) is 5.02 Å². The number of halogens is 1. The van der Waals surface area contributed by atoms with Crippen molar-refractivity contribution in [3.05, 3.63) is 53.1 Å². The van der Waals surface area contributed by atoms with E-state index in [9.17, 15) is 19.9 Å². The van der Waals surface area contributed by atoms with Gasteiger partial charge in [-0.05, 0) is 35.4 Å². The van der Waals surface area contributed by atoms with E-state index in [1.807, 2.05) is 6.07 Å². The molecule has 1 heterocycles. The molecule has 0 aliphatic carbocycles. The van der Waals surface area contributed by atoms with Gasteiger partial charge in [-0.2, -0.15) is 14.5 Å². The molecule has 0 unspecified atom stereocenters. The molecule has 33 heavy (non-hydrogen) atoms. The number of nitriles is 1. The average Bonchev–Trinajstić information content (AvgIpc) is 2.84. The molecule has 0 radical (unpaired) electrons. The number of hydrogen-bond donors (Lipinski definition) is 5. The van der Waals surface area contributed by atoms with Crippen LogP contribution in [0.25, 0.3) is 11.1 Å². The van der Waals surface area contributed by atoms with Gasteiger partial charge in [-0.1, -0.05) is 29.8 Å². The lowest BCUT2D eigenvalue weighted by molar-refractivity contribution is -0.275. The fraction of sp³-hybridized carbons (Fsp3) is 0.316. The topological polar surface area (TPSA) is 200 Å². The maximum atomic E-state index is 12.0.